The van der Waals surface area contributed by atoms with Crippen LogP contribution in [0.2, 0.25) is 0 Å². The van der Waals surface area contributed by atoms with E-state index in [-0.39, 0.29) is 22.9 Å². The van der Waals surface area contributed by atoms with E-state index in [4.69, 9.17) is 0 Å². The van der Waals surface area contributed by atoms with Crippen LogP contribution in [0.25, 0.3) is 0 Å². The van der Waals surface area contributed by atoms with Crippen molar-refractivity contribution in [3.05, 3.63) is 29.8 Å². The molecule has 0 bridgehead atoms. The third-order valence-corrected chi connectivity index (χ3v) is 3.53. The Morgan fingerprint density at radius 1 is 1.32 bits per heavy atom. The van der Waals surface area contributed by atoms with Gasteiger partial charge in [-0.2, -0.15) is 0 Å². The lowest BCUT2D eigenvalue weighted by Gasteiger charge is -2.19. The molecule has 1 heterocycles. The molecule has 0 radical (unpaired) electrons. The van der Waals surface area contributed by atoms with Gasteiger partial charge in [-0.3, -0.25) is 4.79 Å². The van der Waals surface area contributed by atoms with Gasteiger partial charge in [-0.1, -0.05) is 11.8 Å². The molecule has 0 spiro atoms. The summed E-state index contributed by atoms with van der Waals surface area (Å²) in [6.45, 7) is 5.82. The van der Waals surface area contributed by atoms with E-state index in [0.29, 0.717) is 5.16 Å². The van der Waals surface area contributed by atoms with Crippen LogP contribution >= 0.6 is 11.8 Å². The molecule has 22 heavy (non-hydrogen) atoms. The number of carbonyl (C=O) groups is 1. The smallest absolute Gasteiger partial charge is 0.234 e. The Kier molecular flexibility index (Phi) is 4.74. The number of hydrogen-bond acceptors (Lipinski definition) is 5. The Labute approximate surface area is 130 Å². The van der Waals surface area contributed by atoms with Crippen LogP contribution in [-0.2, 0) is 10.3 Å². The number of halogens is 2. The van der Waals surface area contributed by atoms with Crippen LogP contribution in [-0.4, -0.2) is 31.9 Å². The Balaban J connectivity index is 1.96. The van der Waals surface area contributed by atoms with Crippen molar-refractivity contribution in [3.63, 3.8) is 0 Å². The highest BCUT2D eigenvalue weighted by Crippen LogP contribution is 2.21. The third kappa shape index (κ3) is 4.00. The van der Waals surface area contributed by atoms with Crippen molar-refractivity contribution in [2.45, 2.75) is 31.5 Å². The van der Waals surface area contributed by atoms with Gasteiger partial charge in [0.25, 0.3) is 0 Å². The average Bonchev–Trinajstić information content (AvgIpc) is 2.89. The summed E-state index contributed by atoms with van der Waals surface area (Å²) in [6, 6.07) is 3.18. The molecule has 118 valence electrons. The molecule has 1 aromatic carbocycles. The number of aromatic nitrogens is 4. The van der Waals surface area contributed by atoms with E-state index < -0.39 is 11.6 Å². The fourth-order valence-corrected chi connectivity index (χ4v) is 2.45. The van der Waals surface area contributed by atoms with Crippen LogP contribution in [0.1, 0.15) is 20.8 Å². The number of carbonyl (C=O) groups excluding carboxylic acids is 1. The zero-order valence-electron chi connectivity index (χ0n) is 12.3. The maximum Gasteiger partial charge on any atom is 0.234 e. The fraction of sp³-hybridized carbons (Fsp3) is 0.385. The largest absolute Gasteiger partial charge is 0.325 e. The summed E-state index contributed by atoms with van der Waals surface area (Å²) >= 11 is 1.16. The molecule has 1 aromatic heterocycles. The van der Waals surface area contributed by atoms with Crippen LogP contribution in [0.15, 0.2) is 23.4 Å². The number of tetrazole rings is 1. The van der Waals surface area contributed by atoms with E-state index in [1.807, 2.05) is 20.8 Å². The Morgan fingerprint density at radius 2 is 2.05 bits per heavy atom. The monoisotopic (exact) mass is 327 g/mol. The highest BCUT2D eigenvalue weighted by Gasteiger charge is 2.20. The molecule has 0 aliphatic carbocycles. The second kappa shape index (κ2) is 6.39. The first-order chi connectivity index (χ1) is 10.3. The van der Waals surface area contributed by atoms with Gasteiger partial charge in [-0.05, 0) is 43.3 Å². The topological polar surface area (TPSA) is 72.7 Å². The lowest BCUT2D eigenvalue weighted by molar-refractivity contribution is -0.113. The van der Waals surface area contributed by atoms with Crippen molar-refractivity contribution in [1.29, 1.82) is 0 Å². The quantitative estimate of drug-likeness (QED) is 0.873. The van der Waals surface area contributed by atoms with Crippen molar-refractivity contribution in [3.8, 4) is 0 Å². The summed E-state index contributed by atoms with van der Waals surface area (Å²) in [5.74, 6) is -2.28. The summed E-state index contributed by atoms with van der Waals surface area (Å²) in [5.41, 5.74) is -0.109. The molecule has 0 aliphatic rings. The van der Waals surface area contributed by atoms with E-state index in [1.165, 1.54) is 6.07 Å². The maximum atomic E-state index is 13.1. The molecule has 2 rings (SSSR count). The van der Waals surface area contributed by atoms with Gasteiger partial charge < -0.3 is 5.32 Å². The van der Waals surface area contributed by atoms with Gasteiger partial charge in [0.2, 0.25) is 11.1 Å². The molecule has 1 N–H and O–H groups in total. The van der Waals surface area contributed by atoms with Gasteiger partial charge in [-0.15, -0.1) is 5.10 Å². The molecule has 1 amide bonds. The molecule has 0 fully saturated rings. The van der Waals surface area contributed by atoms with Crippen LogP contribution in [0.3, 0.4) is 0 Å². The first kappa shape index (κ1) is 16.3. The zero-order valence-corrected chi connectivity index (χ0v) is 13.1. The Bertz CT molecular complexity index is 683. The highest BCUT2D eigenvalue weighted by atomic mass is 32.2. The van der Waals surface area contributed by atoms with E-state index in [2.05, 4.69) is 20.8 Å². The van der Waals surface area contributed by atoms with Crippen LogP contribution in [0.4, 0.5) is 14.5 Å². The number of benzene rings is 1. The molecule has 0 aliphatic heterocycles. The minimum absolute atomic E-state index is 0.0510. The SMILES string of the molecule is CC(C)(C)n1nnnc1SCC(=O)Nc1ccc(F)c(F)c1. The summed E-state index contributed by atoms with van der Waals surface area (Å²) in [7, 11) is 0. The van der Waals surface area contributed by atoms with Crippen LogP contribution in [0.5, 0.6) is 0 Å². The molecule has 0 unspecified atom stereocenters. The number of amides is 1. The summed E-state index contributed by atoms with van der Waals surface area (Å²) in [6.07, 6.45) is 0. The van der Waals surface area contributed by atoms with Crippen molar-refractivity contribution in [1.82, 2.24) is 20.2 Å². The fourth-order valence-electron chi connectivity index (χ4n) is 1.59. The maximum absolute atomic E-state index is 13.1. The molecular formula is C13H15F2N5OS. The van der Waals surface area contributed by atoms with Crippen molar-refractivity contribution in [2.75, 3.05) is 11.1 Å². The van der Waals surface area contributed by atoms with Gasteiger partial charge in [0, 0.05) is 11.8 Å². The van der Waals surface area contributed by atoms with Crippen molar-refractivity contribution >= 4 is 23.4 Å². The number of hydrogen-bond donors (Lipinski definition) is 1. The van der Waals surface area contributed by atoms with Crippen molar-refractivity contribution in [2.24, 2.45) is 0 Å². The molecule has 0 atom stereocenters. The highest BCUT2D eigenvalue weighted by molar-refractivity contribution is 7.99. The summed E-state index contributed by atoms with van der Waals surface area (Å²) in [4.78, 5) is 11.8. The standard InChI is InChI=1S/C13H15F2N5OS/c1-13(2,3)20-12(17-18-19-20)22-7-11(21)16-8-4-5-9(14)10(15)6-8/h4-6H,7H2,1-3H3,(H,16,21). The van der Waals surface area contributed by atoms with Crippen molar-refractivity contribution < 1.29 is 13.6 Å². The van der Waals surface area contributed by atoms with E-state index in [9.17, 15) is 13.6 Å². The molecular weight excluding hydrogens is 312 g/mol. The Morgan fingerprint density at radius 3 is 2.68 bits per heavy atom. The summed E-state index contributed by atoms with van der Waals surface area (Å²) < 4.78 is 27.5. The molecule has 2 aromatic rings. The number of nitrogens with one attached hydrogen (secondary N) is 1. The first-order valence-electron chi connectivity index (χ1n) is 6.44. The molecule has 0 saturated carbocycles. The second-order valence-electron chi connectivity index (χ2n) is 5.51. The number of anilines is 1. The van der Waals surface area contributed by atoms with Crippen LogP contribution in [0, 0.1) is 11.6 Å². The van der Waals surface area contributed by atoms with Gasteiger partial charge in [0.1, 0.15) is 0 Å². The third-order valence-electron chi connectivity index (χ3n) is 2.61. The van der Waals surface area contributed by atoms with E-state index in [1.54, 1.807) is 4.68 Å². The predicted octanol–water partition coefficient (Wildman–Crippen LogP) is 2.44. The number of nitrogens with zero attached hydrogens (tertiary/aromatic N) is 4. The molecule has 9 heteroatoms. The normalized spacial score (nSPS) is 11.5. The lowest BCUT2D eigenvalue weighted by atomic mass is 10.1. The predicted molar refractivity (Wildman–Crippen MR) is 78.5 cm³/mol. The average molecular weight is 327 g/mol. The van der Waals surface area contributed by atoms with Gasteiger partial charge in [0.05, 0.1) is 11.3 Å². The zero-order chi connectivity index (χ0) is 16.3. The second-order valence-corrected chi connectivity index (χ2v) is 6.45. The van der Waals surface area contributed by atoms with Gasteiger partial charge in [0.15, 0.2) is 11.6 Å². The summed E-state index contributed by atoms with van der Waals surface area (Å²) in [5, 5.41) is 14.3. The minimum Gasteiger partial charge on any atom is -0.325 e. The van der Waals surface area contributed by atoms with Gasteiger partial charge >= 0.3 is 0 Å². The van der Waals surface area contributed by atoms with E-state index >= 15 is 0 Å². The Hall–Kier alpha value is -2.03. The number of rotatable bonds is 4. The van der Waals surface area contributed by atoms with Gasteiger partial charge in [-0.25, -0.2) is 13.5 Å². The first-order valence-corrected chi connectivity index (χ1v) is 7.42. The van der Waals surface area contributed by atoms with Crippen LogP contribution < -0.4 is 5.32 Å². The van der Waals surface area contributed by atoms with E-state index in [0.717, 1.165) is 23.9 Å². The minimum atomic E-state index is -1.01. The lowest BCUT2D eigenvalue weighted by Crippen LogP contribution is -2.24. The molecule has 0 saturated heterocycles. The molecule has 6 nitrogen and oxygen atoms in total. The number of thioether (sulfide) groups is 1.